The topological polar surface area (TPSA) is 66.6 Å². The molecule has 0 saturated heterocycles. The van der Waals surface area contributed by atoms with Crippen molar-refractivity contribution in [1.82, 2.24) is 0 Å². The zero-order chi connectivity index (χ0) is 11.4. The molecule has 0 saturated carbocycles. The van der Waals surface area contributed by atoms with E-state index < -0.39 is 12.0 Å². The summed E-state index contributed by atoms with van der Waals surface area (Å²) in [4.78, 5) is 12.4. The van der Waals surface area contributed by atoms with Crippen LogP contribution in [0.25, 0.3) is 0 Å². The number of benzene rings is 1. The summed E-state index contributed by atoms with van der Waals surface area (Å²) in [6, 6.07) is 7.01. The number of carbonyl (C=O) groups is 1. The highest BCUT2D eigenvalue weighted by Gasteiger charge is 2.14. The van der Waals surface area contributed by atoms with E-state index in [4.69, 9.17) is 10.8 Å². The Labute approximate surface area is 89.3 Å². The largest absolute Gasteiger partial charge is 0.480 e. The summed E-state index contributed by atoms with van der Waals surface area (Å²) >= 11 is 0. The van der Waals surface area contributed by atoms with Gasteiger partial charge in [0.15, 0.2) is 0 Å². The van der Waals surface area contributed by atoms with E-state index in [1.807, 2.05) is 43.1 Å². The monoisotopic (exact) mass is 208 g/mol. The normalized spacial score (nSPS) is 12.2. The van der Waals surface area contributed by atoms with Crippen molar-refractivity contribution in [2.75, 3.05) is 18.5 Å². The number of hydrogen-bond acceptors (Lipinski definition) is 3. The minimum absolute atomic E-state index is 0.304. The van der Waals surface area contributed by atoms with Gasteiger partial charge in [0, 0.05) is 19.3 Å². The number of rotatable bonds is 4. The van der Waals surface area contributed by atoms with Crippen LogP contribution in [0, 0.1) is 6.92 Å². The summed E-state index contributed by atoms with van der Waals surface area (Å²) in [6.45, 7) is 2.30. The summed E-state index contributed by atoms with van der Waals surface area (Å²) in [7, 11) is 1.83. The van der Waals surface area contributed by atoms with E-state index in [1.54, 1.807) is 0 Å². The van der Waals surface area contributed by atoms with Crippen LogP contribution in [0.2, 0.25) is 0 Å². The van der Waals surface area contributed by atoms with Gasteiger partial charge in [0.05, 0.1) is 0 Å². The molecule has 4 nitrogen and oxygen atoms in total. The van der Waals surface area contributed by atoms with Crippen LogP contribution in [0.15, 0.2) is 24.3 Å². The fourth-order valence-corrected chi connectivity index (χ4v) is 1.34. The molecule has 82 valence electrons. The molecular weight excluding hydrogens is 192 g/mol. The van der Waals surface area contributed by atoms with Crippen LogP contribution >= 0.6 is 0 Å². The first-order chi connectivity index (χ1) is 7.00. The van der Waals surface area contributed by atoms with Crippen molar-refractivity contribution in [3.63, 3.8) is 0 Å². The van der Waals surface area contributed by atoms with E-state index in [2.05, 4.69) is 0 Å². The molecule has 0 amide bonds. The van der Waals surface area contributed by atoms with Crippen molar-refractivity contribution in [2.24, 2.45) is 5.73 Å². The highest BCUT2D eigenvalue weighted by molar-refractivity contribution is 5.74. The standard InChI is InChI=1S/C11H16N2O2/c1-8-4-3-5-9(6-8)13(2)7-10(12)11(14)15/h3-6,10H,7,12H2,1-2H3,(H,14,15). The first kappa shape index (κ1) is 11.5. The fraction of sp³-hybridized carbons (Fsp3) is 0.364. The maximum atomic E-state index is 10.6. The van der Waals surface area contributed by atoms with Gasteiger partial charge in [-0.25, -0.2) is 0 Å². The van der Waals surface area contributed by atoms with Crippen LogP contribution in [0.1, 0.15) is 5.56 Å². The first-order valence-electron chi connectivity index (χ1n) is 4.77. The van der Waals surface area contributed by atoms with Gasteiger partial charge >= 0.3 is 5.97 Å². The van der Waals surface area contributed by atoms with E-state index >= 15 is 0 Å². The molecule has 1 unspecified atom stereocenters. The number of carboxylic acid groups (broad SMARTS) is 1. The Morgan fingerprint density at radius 3 is 2.80 bits per heavy atom. The van der Waals surface area contributed by atoms with E-state index in [0.29, 0.717) is 6.54 Å². The number of hydrogen-bond donors (Lipinski definition) is 2. The molecule has 0 aliphatic heterocycles. The van der Waals surface area contributed by atoms with Gasteiger partial charge in [0.2, 0.25) is 0 Å². The fourth-order valence-electron chi connectivity index (χ4n) is 1.34. The van der Waals surface area contributed by atoms with Gasteiger partial charge in [-0.2, -0.15) is 0 Å². The van der Waals surface area contributed by atoms with Crippen molar-refractivity contribution < 1.29 is 9.90 Å². The summed E-state index contributed by atoms with van der Waals surface area (Å²) in [6.07, 6.45) is 0. The number of carboxylic acids is 1. The van der Waals surface area contributed by atoms with Gasteiger partial charge in [0.1, 0.15) is 6.04 Å². The van der Waals surface area contributed by atoms with Crippen molar-refractivity contribution in [1.29, 1.82) is 0 Å². The van der Waals surface area contributed by atoms with E-state index in [1.165, 1.54) is 0 Å². The summed E-state index contributed by atoms with van der Waals surface area (Å²) in [5.74, 6) is -0.977. The lowest BCUT2D eigenvalue weighted by molar-refractivity contribution is -0.138. The van der Waals surface area contributed by atoms with Crippen LogP contribution in [0.3, 0.4) is 0 Å². The molecule has 15 heavy (non-hydrogen) atoms. The Morgan fingerprint density at radius 2 is 2.27 bits per heavy atom. The van der Waals surface area contributed by atoms with E-state index in [-0.39, 0.29) is 0 Å². The van der Waals surface area contributed by atoms with Crippen LogP contribution in [-0.4, -0.2) is 30.7 Å². The summed E-state index contributed by atoms with van der Waals surface area (Å²) < 4.78 is 0. The molecule has 0 aliphatic rings. The molecular formula is C11H16N2O2. The number of anilines is 1. The van der Waals surface area contributed by atoms with Gasteiger partial charge in [-0.1, -0.05) is 12.1 Å². The second kappa shape index (κ2) is 4.79. The van der Waals surface area contributed by atoms with Crippen molar-refractivity contribution in [3.8, 4) is 0 Å². The van der Waals surface area contributed by atoms with Crippen LogP contribution in [-0.2, 0) is 4.79 Å². The molecule has 0 aliphatic carbocycles. The first-order valence-corrected chi connectivity index (χ1v) is 4.77. The molecule has 3 N–H and O–H groups in total. The van der Waals surface area contributed by atoms with Crippen LogP contribution in [0.4, 0.5) is 5.69 Å². The smallest absolute Gasteiger partial charge is 0.322 e. The molecule has 1 atom stereocenters. The van der Waals surface area contributed by atoms with E-state index in [9.17, 15) is 4.79 Å². The Kier molecular flexibility index (Phi) is 3.68. The number of nitrogens with two attached hydrogens (primary N) is 1. The van der Waals surface area contributed by atoms with Crippen molar-refractivity contribution >= 4 is 11.7 Å². The highest BCUT2D eigenvalue weighted by atomic mass is 16.4. The molecule has 0 heterocycles. The Morgan fingerprint density at radius 1 is 1.60 bits per heavy atom. The minimum Gasteiger partial charge on any atom is -0.480 e. The maximum Gasteiger partial charge on any atom is 0.322 e. The van der Waals surface area contributed by atoms with Gasteiger partial charge in [-0.3, -0.25) is 4.79 Å². The third-order valence-electron chi connectivity index (χ3n) is 2.23. The Balaban J connectivity index is 2.68. The second-order valence-corrected chi connectivity index (χ2v) is 3.66. The molecule has 0 bridgehead atoms. The number of aliphatic carboxylic acids is 1. The zero-order valence-electron chi connectivity index (χ0n) is 8.97. The average molecular weight is 208 g/mol. The molecule has 1 rings (SSSR count). The average Bonchev–Trinajstić information content (AvgIpc) is 2.17. The SMILES string of the molecule is Cc1cccc(N(C)CC(N)C(=O)O)c1. The predicted octanol–water partition coefficient (Wildman–Crippen LogP) is 0.843. The zero-order valence-corrected chi connectivity index (χ0v) is 8.97. The Hall–Kier alpha value is -1.55. The number of aryl methyl sites for hydroxylation is 1. The second-order valence-electron chi connectivity index (χ2n) is 3.66. The van der Waals surface area contributed by atoms with Gasteiger partial charge in [-0.15, -0.1) is 0 Å². The minimum atomic E-state index is -0.977. The molecule has 1 aromatic carbocycles. The molecule has 0 fully saturated rings. The predicted molar refractivity (Wildman–Crippen MR) is 60.1 cm³/mol. The number of likely N-dealkylation sites (N-methyl/N-ethyl adjacent to an activating group) is 1. The quantitative estimate of drug-likeness (QED) is 0.769. The maximum absolute atomic E-state index is 10.6. The Bertz CT molecular complexity index is 352. The van der Waals surface area contributed by atoms with Gasteiger partial charge < -0.3 is 15.7 Å². The molecule has 1 aromatic rings. The lowest BCUT2D eigenvalue weighted by atomic mass is 10.2. The summed E-state index contributed by atoms with van der Waals surface area (Å²) in [5.41, 5.74) is 7.57. The van der Waals surface area contributed by atoms with Crippen molar-refractivity contribution in [2.45, 2.75) is 13.0 Å². The van der Waals surface area contributed by atoms with E-state index in [0.717, 1.165) is 11.3 Å². The van der Waals surface area contributed by atoms with Crippen LogP contribution in [0.5, 0.6) is 0 Å². The lowest BCUT2D eigenvalue weighted by Crippen LogP contribution is -2.41. The third-order valence-corrected chi connectivity index (χ3v) is 2.23. The summed E-state index contributed by atoms with van der Waals surface area (Å²) in [5, 5.41) is 8.68. The van der Waals surface area contributed by atoms with Gasteiger partial charge in [0.25, 0.3) is 0 Å². The highest BCUT2D eigenvalue weighted by Crippen LogP contribution is 2.13. The van der Waals surface area contributed by atoms with Crippen LogP contribution < -0.4 is 10.6 Å². The lowest BCUT2D eigenvalue weighted by Gasteiger charge is -2.21. The molecule has 0 spiro atoms. The number of nitrogens with zero attached hydrogens (tertiary/aromatic N) is 1. The molecule has 0 aromatic heterocycles. The molecule has 0 radical (unpaired) electrons. The third kappa shape index (κ3) is 3.25. The molecule has 4 heteroatoms. The van der Waals surface area contributed by atoms with Crippen molar-refractivity contribution in [3.05, 3.63) is 29.8 Å². The van der Waals surface area contributed by atoms with Gasteiger partial charge in [-0.05, 0) is 24.6 Å².